The van der Waals surface area contributed by atoms with Crippen LogP contribution in [0.25, 0.3) is 0 Å². The van der Waals surface area contributed by atoms with E-state index in [-0.39, 0.29) is 24.7 Å². The molecule has 7 nitrogen and oxygen atoms in total. The van der Waals surface area contributed by atoms with Gasteiger partial charge in [-0.3, -0.25) is 4.31 Å². The summed E-state index contributed by atoms with van der Waals surface area (Å²) in [4.78, 5) is 22.1. The molecular formula is C11H23N3O4S. The first-order valence-electron chi connectivity index (χ1n) is 6.05. The fourth-order valence-electron chi connectivity index (χ4n) is 1.37. The number of thiol groups is 1. The van der Waals surface area contributed by atoms with E-state index >= 15 is 0 Å². The van der Waals surface area contributed by atoms with Crippen LogP contribution in [0.3, 0.4) is 0 Å². The van der Waals surface area contributed by atoms with Crippen molar-refractivity contribution >= 4 is 24.9 Å². The van der Waals surface area contributed by atoms with E-state index in [1.54, 1.807) is 0 Å². The van der Waals surface area contributed by atoms with Crippen molar-refractivity contribution in [3.8, 4) is 0 Å². The van der Waals surface area contributed by atoms with Crippen LogP contribution >= 0.6 is 12.8 Å². The van der Waals surface area contributed by atoms with Crippen LogP contribution in [-0.4, -0.2) is 51.4 Å². The summed E-state index contributed by atoms with van der Waals surface area (Å²) in [6.07, 6.45) is -0.122. The van der Waals surface area contributed by atoms with Crippen LogP contribution < -0.4 is 10.6 Å². The van der Waals surface area contributed by atoms with Crippen molar-refractivity contribution in [2.24, 2.45) is 0 Å². The van der Waals surface area contributed by atoms with E-state index in [4.69, 9.17) is 5.11 Å². The zero-order chi connectivity index (χ0) is 15.1. The van der Waals surface area contributed by atoms with Gasteiger partial charge in [0, 0.05) is 12.1 Å². The van der Waals surface area contributed by atoms with E-state index in [0.29, 0.717) is 12.8 Å². The molecule has 0 aliphatic heterocycles. The average molecular weight is 293 g/mol. The lowest BCUT2D eigenvalue weighted by Crippen LogP contribution is -2.49. The first-order valence-corrected chi connectivity index (χ1v) is 6.45. The van der Waals surface area contributed by atoms with Gasteiger partial charge in [-0.2, -0.15) is 0 Å². The number of urea groups is 1. The maximum absolute atomic E-state index is 11.8. The summed E-state index contributed by atoms with van der Waals surface area (Å²) in [6.45, 7) is 5.58. The van der Waals surface area contributed by atoms with Crippen LogP contribution in [0.1, 0.15) is 33.6 Å². The Balaban J connectivity index is 4.20. The maximum atomic E-state index is 11.8. The average Bonchev–Trinajstić information content (AvgIpc) is 2.25. The standard InChI is InChI=1S/C11H23N3O4S/c1-11(2,3)13-9(16)14(19)8(7-15)5-4-6-12-10(17)18/h8,12,15,19H,4-7H2,1-3H3,(H,13,16)(H,17,18)/t8-/m1/s1. The van der Waals surface area contributed by atoms with Gasteiger partial charge in [0.15, 0.2) is 0 Å². The van der Waals surface area contributed by atoms with E-state index < -0.39 is 12.1 Å². The van der Waals surface area contributed by atoms with Gasteiger partial charge in [-0.05, 0) is 33.6 Å². The number of carbonyl (C=O) groups is 2. The summed E-state index contributed by atoms with van der Waals surface area (Å²) in [6, 6.07) is -0.845. The molecule has 0 bridgehead atoms. The zero-order valence-electron chi connectivity index (χ0n) is 11.5. The predicted molar refractivity (Wildman–Crippen MR) is 75.2 cm³/mol. The second-order valence-corrected chi connectivity index (χ2v) is 5.67. The van der Waals surface area contributed by atoms with Crippen molar-refractivity contribution < 1.29 is 19.8 Å². The molecule has 0 spiro atoms. The molecule has 0 unspecified atom stereocenters. The summed E-state index contributed by atoms with van der Waals surface area (Å²) in [5.41, 5.74) is -0.386. The third-order valence-corrected chi connectivity index (χ3v) is 2.75. The Bertz CT molecular complexity index is 307. The Morgan fingerprint density at radius 2 is 1.95 bits per heavy atom. The number of nitrogens with one attached hydrogen (secondary N) is 2. The van der Waals surface area contributed by atoms with Gasteiger partial charge in [-0.25, -0.2) is 9.59 Å². The van der Waals surface area contributed by atoms with E-state index in [1.807, 2.05) is 20.8 Å². The number of aliphatic hydroxyl groups is 1. The van der Waals surface area contributed by atoms with Gasteiger partial charge in [0.25, 0.3) is 0 Å². The third kappa shape index (κ3) is 8.55. The first kappa shape index (κ1) is 17.8. The number of rotatable bonds is 6. The topological polar surface area (TPSA) is 102 Å². The highest BCUT2D eigenvalue weighted by atomic mass is 32.1. The van der Waals surface area contributed by atoms with Gasteiger partial charge in [0.1, 0.15) is 0 Å². The van der Waals surface area contributed by atoms with Crippen LogP contribution in [0.15, 0.2) is 0 Å². The van der Waals surface area contributed by atoms with Crippen LogP contribution in [0, 0.1) is 0 Å². The number of amides is 3. The molecule has 0 aromatic heterocycles. The summed E-state index contributed by atoms with van der Waals surface area (Å²) >= 11 is 4.08. The van der Waals surface area contributed by atoms with E-state index in [9.17, 15) is 14.7 Å². The van der Waals surface area contributed by atoms with E-state index in [2.05, 4.69) is 23.4 Å². The minimum absolute atomic E-state index is 0.228. The summed E-state index contributed by atoms with van der Waals surface area (Å²) in [5.74, 6) is 0. The van der Waals surface area contributed by atoms with E-state index in [0.717, 1.165) is 4.31 Å². The molecule has 0 aromatic rings. The Kier molecular flexibility index (Phi) is 7.62. The van der Waals surface area contributed by atoms with Crippen molar-refractivity contribution in [1.82, 2.24) is 14.9 Å². The number of carbonyl (C=O) groups excluding carboxylic acids is 1. The van der Waals surface area contributed by atoms with Gasteiger partial charge >= 0.3 is 12.1 Å². The molecule has 3 amide bonds. The molecule has 1 atom stereocenters. The quantitative estimate of drug-likeness (QED) is 0.373. The molecule has 0 fully saturated rings. The molecule has 0 rings (SSSR count). The molecule has 0 saturated carbocycles. The van der Waals surface area contributed by atoms with Crippen molar-refractivity contribution in [2.75, 3.05) is 13.2 Å². The first-order chi connectivity index (χ1) is 8.67. The van der Waals surface area contributed by atoms with Crippen LogP contribution in [-0.2, 0) is 0 Å². The third-order valence-electron chi connectivity index (χ3n) is 2.24. The molecule has 8 heteroatoms. The van der Waals surface area contributed by atoms with Gasteiger partial charge in [-0.1, -0.05) is 12.8 Å². The highest BCUT2D eigenvalue weighted by Gasteiger charge is 2.23. The smallest absolute Gasteiger partial charge is 0.404 e. The normalized spacial score (nSPS) is 12.7. The van der Waals surface area contributed by atoms with Crippen molar-refractivity contribution in [2.45, 2.75) is 45.2 Å². The van der Waals surface area contributed by atoms with Gasteiger partial charge in [0.2, 0.25) is 0 Å². The second-order valence-electron chi connectivity index (χ2n) is 5.24. The van der Waals surface area contributed by atoms with Crippen molar-refractivity contribution in [3.63, 3.8) is 0 Å². The summed E-state index contributed by atoms with van der Waals surface area (Å²) < 4.78 is 1.14. The molecule has 0 aliphatic rings. The largest absolute Gasteiger partial charge is 0.465 e. The fraction of sp³-hybridized carbons (Fsp3) is 0.818. The van der Waals surface area contributed by atoms with Gasteiger partial charge < -0.3 is 20.8 Å². The molecule has 0 aromatic carbocycles. The maximum Gasteiger partial charge on any atom is 0.404 e. The lowest BCUT2D eigenvalue weighted by atomic mass is 10.1. The van der Waals surface area contributed by atoms with Crippen molar-refractivity contribution in [1.29, 1.82) is 0 Å². The molecule has 0 radical (unpaired) electrons. The monoisotopic (exact) mass is 293 g/mol. The Morgan fingerprint density at radius 1 is 1.37 bits per heavy atom. The Hall–Kier alpha value is -1.15. The number of hydrogen-bond acceptors (Lipinski definition) is 4. The molecule has 19 heavy (non-hydrogen) atoms. The Morgan fingerprint density at radius 3 is 2.37 bits per heavy atom. The van der Waals surface area contributed by atoms with Crippen LogP contribution in [0.4, 0.5) is 9.59 Å². The number of aliphatic hydroxyl groups excluding tert-OH is 1. The highest BCUT2D eigenvalue weighted by molar-refractivity contribution is 7.78. The van der Waals surface area contributed by atoms with Gasteiger partial charge in [-0.15, -0.1) is 0 Å². The van der Waals surface area contributed by atoms with Crippen molar-refractivity contribution in [3.05, 3.63) is 0 Å². The lowest BCUT2D eigenvalue weighted by Gasteiger charge is -2.29. The second kappa shape index (κ2) is 8.11. The van der Waals surface area contributed by atoms with Crippen LogP contribution in [0.5, 0.6) is 0 Å². The predicted octanol–water partition coefficient (Wildman–Crippen LogP) is 1.05. The molecular weight excluding hydrogens is 270 g/mol. The van der Waals surface area contributed by atoms with E-state index in [1.165, 1.54) is 0 Å². The molecule has 112 valence electrons. The van der Waals surface area contributed by atoms with Crippen LogP contribution in [0.2, 0.25) is 0 Å². The minimum Gasteiger partial charge on any atom is -0.465 e. The Labute approximate surface area is 118 Å². The fourth-order valence-corrected chi connectivity index (χ4v) is 1.61. The number of carboxylic acid groups (broad SMARTS) is 1. The minimum atomic E-state index is -1.09. The molecule has 4 N–H and O–H groups in total. The summed E-state index contributed by atoms with van der Waals surface area (Å²) in [5, 5.41) is 22.6. The highest BCUT2D eigenvalue weighted by Crippen LogP contribution is 2.11. The molecule has 0 heterocycles. The SMILES string of the molecule is CC(C)(C)NC(=O)N(S)[C@@H](CO)CCCNC(=O)O. The summed E-state index contributed by atoms with van der Waals surface area (Å²) in [7, 11) is 0. The van der Waals surface area contributed by atoms with Gasteiger partial charge in [0.05, 0.1) is 12.6 Å². The number of nitrogens with zero attached hydrogens (tertiary/aromatic N) is 1. The molecule has 0 saturated heterocycles. The number of hydrogen-bond donors (Lipinski definition) is 5. The molecule has 0 aliphatic carbocycles. The zero-order valence-corrected chi connectivity index (χ0v) is 12.4. The lowest BCUT2D eigenvalue weighted by molar-refractivity contribution is 0.170.